The Balaban J connectivity index is 1.31. The van der Waals surface area contributed by atoms with Crippen molar-refractivity contribution in [2.45, 2.75) is 25.8 Å². The van der Waals surface area contributed by atoms with E-state index in [1.807, 2.05) is 66.7 Å². The van der Waals surface area contributed by atoms with Gasteiger partial charge in [-0.05, 0) is 60.5 Å². The molecule has 0 saturated heterocycles. The first-order valence-corrected chi connectivity index (χ1v) is 11.8. The predicted molar refractivity (Wildman–Crippen MR) is 136 cm³/mol. The van der Waals surface area contributed by atoms with Gasteiger partial charge in [0, 0.05) is 19.5 Å². The molecule has 1 N–H and O–H groups in total. The average Bonchev–Trinajstić information content (AvgIpc) is 3.24. The molecule has 3 aromatic carbocycles. The number of rotatable bonds is 12. The highest BCUT2D eigenvalue weighted by Crippen LogP contribution is 2.19. The second-order valence-corrected chi connectivity index (χ2v) is 8.17. The summed E-state index contributed by atoms with van der Waals surface area (Å²) in [7, 11) is 3.28. The van der Waals surface area contributed by atoms with Gasteiger partial charge in [-0.1, -0.05) is 24.3 Å². The van der Waals surface area contributed by atoms with Gasteiger partial charge in [-0.2, -0.15) is 0 Å². The molecule has 0 unspecified atom stereocenters. The quantitative estimate of drug-likeness (QED) is 0.308. The second kappa shape index (κ2) is 11.9. The monoisotopic (exact) mass is 473 g/mol. The van der Waals surface area contributed by atoms with Crippen molar-refractivity contribution in [1.82, 2.24) is 14.9 Å². The number of imidazole rings is 1. The number of nitrogens with zero attached hydrogens (tertiary/aromatic N) is 2. The Kier molecular flexibility index (Phi) is 8.22. The molecule has 35 heavy (non-hydrogen) atoms. The van der Waals surface area contributed by atoms with Crippen LogP contribution >= 0.6 is 0 Å². The summed E-state index contributed by atoms with van der Waals surface area (Å²) < 4.78 is 18.5. The summed E-state index contributed by atoms with van der Waals surface area (Å²) in [5.74, 6) is 3.36. The molecule has 0 aliphatic heterocycles. The summed E-state index contributed by atoms with van der Waals surface area (Å²) in [6, 6.07) is 23.3. The van der Waals surface area contributed by atoms with Crippen LogP contribution in [0.2, 0.25) is 0 Å². The van der Waals surface area contributed by atoms with E-state index in [4.69, 9.17) is 19.2 Å². The zero-order valence-corrected chi connectivity index (χ0v) is 20.2. The lowest BCUT2D eigenvalue weighted by Crippen LogP contribution is -2.28. The van der Waals surface area contributed by atoms with E-state index in [1.165, 1.54) is 0 Å². The molecule has 4 rings (SSSR count). The molecule has 0 radical (unpaired) electrons. The summed E-state index contributed by atoms with van der Waals surface area (Å²) in [6.07, 6.45) is 1.83. The average molecular weight is 474 g/mol. The van der Waals surface area contributed by atoms with E-state index in [0.717, 1.165) is 52.6 Å². The van der Waals surface area contributed by atoms with Crippen molar-refractivity contribution >= 4 is 16.9 Å². The van der Waals surface area contributed by atoms with E-state index in [-0.39, 0.29) is 5.91 Å². The number of nitrogens with one attached hydrogen (secondary N) is 1. The van der Waals surface area contributed by atoms with Crippen LogP contribution in [-0.2, 0) is 24.2 Å². The van der Waals surface area contributed by atoms with Crippen molar-refractivity contribution < 1.29 is 19.0 Å². The van der Waals surface area contributed by atoms with Crippen molar-refractivity contribution in [3.63, 3.8) is 0 Å². The van der Waals surface area contributed by atoms with Gasteiger partial charge >= 0.3 is 0 Å². The fourth-order valence-electron chi connectivity index (χ4n) is 3.96. The smallest absolute Gasteiger partial charge is 0.224 e. The number of benzene rings is 3. The highest BCUT2D eigenvalue weighted by molar-refractivity contribution is 5.78. The summed E-state index contributed by atoms with van der Waals surface area (Å²) >= 11 is 0. The molecule has 0 atom stereocenters. The van der Waals surface area contributed by atoms with Gasteiger partial charge in [0.2, 0.25) is 5.91 Å². The number of amides is 1. The number of methoxy groups -OCH3 is 2. The van der Waals surface area contributed by atoms with Crippen LogP contribution in [0.25, 0.3) is 11.0 Å². The molecule has 7 heteroatoms. The first-order chi connectivity index (χ1) is 17.2. The number of aromatic nitrogens is 2. The van der Waals surface area contributed by atoms with Crippen LogP contribution < -0.4 is 19.5 Å². The molecule has 0 spiro atoms. The largest absolute Gasteiger partial charge is 0.497 e. The molecular weight excluding hydrogens is 442 g/mol. The van der Waals surface area contributed by atoms with Gasteiger partial charge in [0.1, 0.15) is 23.1 Å². The molecule has 0 bridgehead atoms. The Morgan fingerprint density at radius 1 is 0.886 bits per heavy atom. The van der Waals surface area contributed by atoms with Gasteiger partial charge in [-0.15, -0.1) is 0 Å². The molecule has 0 aliphatic carbocycles. The molecule has 0 saturated carbocycles. The van der Waals surface area contributed by atoms with E-state index in [1.54, 1.807) is 14.2 Å². The maximum atomic E-state index is 12.4. The third-order valence-electron chi connectivity index (χ3n) is 5.78. The lowest BCUT2D eigenvalue weighted by atomic mass is 10.1. The number of carbonyl (C=O) groups excluding carboxylic acids is 1. The molecular formula is C28H31N3O4. The van der Waals surface area contributed by atoms with E-state index in [0.29, 0.717) is 26.0 Å². The number of aryl methyl sites for hydroxylation is 1. The maximum absolute atomic E-state index is 12.4. The first-order valence-electron chi connectivity index (χ1n) is 11.8. The van der Waals surface area contributed by atoms with Crippen molar-refractivity contribution in [3.8, 4) is 17.2 Å². The van der Waals surface area contributed by atoms with Crippen LogP contribution in [0.1, 0.15) is 17.8 Å². The Hall–Kier alpha value is -4.00. The summed E-state index contributed by atoms with van der Waals surface area (Å²) in [6.45, 7) is 1.91. The maximum Gasteiger partial charge on any atom is 0.224 e. The van der Waals surface area contributed by atoms with Gasteiger partial charge in [-0.3, -0.25) is 4.79 Å². The van der Waals surface area contributed by atoms with Crippen LogP contribution in [0.4, 0.5) is 0 Å². The van der Waals surface area contributed by atoms with Gasteiger partial charge in [0.15, 0.2) is 0 Å². The second-order valence-electron chi connectivity index (χ2n) is 8.17. The third kappa shape index (κ3) is 6.53. The minimum Gasteiger partial charge on any atom is -0.497 e. The Bertz CT molecular complexity index is 1230. The summed E-state index contributed by atoms with van der Waals surface area (Å²) in [4.78, 5) is 17.2. The number of hydrogen-bond acceptors (Lipinski definition) is 5. The van der Waals surface area contributed by atoms with E-state index < -0.39 is 0 Å². The third-order valence-corrected chi connectivity index (χ3v) is 5.78. The molecule has 0 fully saturated rings. The van der Waals surface area contributed by atoms with Crippen molar-refractivity contribution in [2.75, 3.05) is 27.4 Å². The van der Waals surface area contributed by atoms with Crippen LogP contribution in [0.3, 0.4) is 0 Å². The first kappa shape index (κ1) is 24.1. The zero-order chi connectivity index (χ0) is 24.5. The van der Waals surface area contributed by atoms with Crippen LogP contribution in [-0.4, -0.2) is 42.8 Å². The van der Waals surface area contributed by atoms with Gasteiger partial charge in [0.25, 0.3) is 0 Å². The number of para-hydroxylation sites is 2. The van der Waals surface area contributed by atoms with Crippen molar-refractivity contribution in [3.05, 3.63) is 84.2 Å². The lowest BCUT2D eigenvalue weighted by Gasteiger charge is -2.11. The van der Waals surface area contributed by atoms with Crippen molar-refractivity contribution in [2.24, 2.45) is 0 Å². The van der Waals surface area contributed by atoms with E-state index >= 15 is 0 Å². The molecule has 7 nitrogen and oxygen atoms in total. The Morgan fingerprint density at radius 2 is 1.54 bits per heavy atom. The van der Waals surface area contributed by atoms with E-state index in [9.17, 15) is 4.79 Å². The number of hydrogen-bond donors (Lipinski definition) is 1. The molecule has 4 aromatic rings. The summed E-state index contributed by atoms with van der Waals surface area (Å²) in [5, 5.41) is 3.02. The van der Waals surface area contributed by atoms with Crippen LogP contribution in [0, 0.1) is 0 Å². The minimum absolute atomic E-state index is 0.00859. The number of carbonyl (C=O) groups is 1. The highest BCUT2D eigenvalue weighted by Gasteiger charge is 2.11. The molecule has 1 heterocycles. The van der Waals surface area contributed by atoms with Gasteiger partial charge < -0.3 is 24.1 Å². The van der Waals surface area contributed by atoms with Gasteiger partial charge in [-0.25, -0.2) is 4.98 Å². The molecule has 1 aromatic heterocycles. The normalized spacial score (nSPS) is 10.8. The van der Waals surface area contributed by atoms with E-state index in [2.05, 4.69) is 16.0 Å². The SMILES string of the molecule is COc1ccc(CC(=O)NCCc2nc3ccccc3n2CCCOc2ccc(OC)cc2)cc1. The molecule has 1 amide bonds. The molecule has 0 aliphatic rings. The summed E-state index contributed by atoms with van der Waals surface area (Å²) in [5.41, 5.74) is 3.01. The van der Waals surface area contributed by atoms with Gasteiger partial charge in [0.05, 0.1) is 38.3 Å². The number of ether oxygens (including phenoxy) is 3. The predicted octanol–water partition coefficient (Wildman–Crippen LogP) is 4.42. The van der Waals surface area contributed by atoms with Crippen LogP contribution in [0.15, 0.2) is 72.8 Å². The Labute approximate surface area is 205 Å². The topological polar surface area (TPSA) is 74.6 Å². The Morgan fingerprint density at radius 3 is 2.26 bits per heavy atom. The molecule has 182 valence electrons. The fraction of sp³-hybridized carbons (Fsp3) is 0.286. The lowest BCUT2D eigenvalue weighted by molar-refractivity contribution is -0.120. The zero-order valence-electron chi connectivity index (χ0n) is 20.2. The minimum atomic E-state index is -0.00859. The van der Waals surface area contributed by atoms with Crippen LogP contribution in [0.5, 0.6) is 17.2 Å². The number of fused-ring (bicyclic) bond motifs is 1. The standard InChI is InChI=1S/C28H31N3O4/c1-33-22-10-8-21(9-11-22)20-28(32)29-17-16-27-30-25-6-3-4-7-26(25)31(27)18-5-19-35-24-14-12-23(34-2)13-15-24/h3-4,6-15H,5,16-20H2,1-2H3,(H,29,32). The highest BCUT2D eigenvalue weighted by atomic mass is 16.5. The fourth-order valence-corrected chi connectivity index (χ4v) is 3.96. The van der Waals surface area contributed by atoms with Crippen molar-refractivity contribution in [1.29, 1.82) is 0 Å².